The van der Waals surface area contributed by atoms with E-state index in [1.165, 1.54) is 116 Å². The van der Waals surface area contributed by atoms with Gasteiger partial charge in [0.05, 0.1) is 5.41 Å². The van der Waals surface area contributed by atoms with Crippen molar-refractivity contribution in [2.75, 3.05) is 4.90 Å². The molecule has 2 atom stereocenters. The Hall–Kier alpha value is -7.52. The SMILES string of the molecule is CC1(C)c2ccccc2-c2c(C3c4ccccc4-c4ccc(N(c5ccccc5)c5ccc6c(c5)[Si](C)(C)c5ccccc5C65c6ccccc6-c6cccc7cccc5c67)cc43)cccc21. The van der Waals surface area contributed by atoms with Gasteiger partial charge in [-0.25, -0.2) is 0 Å². The van der Waals surface area contributed by atoms with Gasteiger partial charge in [-0.05, 0) is 141 Å². The second-order valence-electron chi connectivity index (χ2n) is 20.3. The minimum absolute atomic E-state index is 0.0763. The van der Waals surface area contributed by atoms with E-state index in [0.29, 0.717) is 0 Å². The fourth-order valence-corrected chi connectivity index (χ4v) is 16.7. The number of rotatable bonds is 4. The van der Waals surface area contributed by atoms with Crippen molar-refractivity contribution in [3.05, 3.63) is 268 Å². The zero-order valence-electron chi connectivity index (χ0n) is 38.3. The molecule has 0 N–H and O–H groups in total. The molecular weight excluding hydrogens is 823 g/mol. The van der Waals surface area contributed by atoms with Crippen LogP contribution in [0.3, 0.4) is 0 Å². The van der Waals surface area contributed by atoms with Gasteiger partial charge in [-0.1, -0.05) is 209 Å². The van der Waals surface area contributed by atoms with Gasteiger partial charge in [0.25, 0.3) is 0 Å². The lowest BCUT2D eigenvalue weighted by atomic mass is 9.59. The summed E-state index contributed by atoms with van der Waals surface area (Å²) in [6.45, 7) is 9.94. The van der Waals surface area contributed by atoms with E-state index in [1.54, 1.807) is 0 Å². The van der Waals surface area contributed by atoms with Crippen LogP contribution in [-0.4, -0.2) is 8.07 Å². The van der Waals surface area contributed by atoms with E-state index in [-0.39, 0.29) is 11.3 Å². The van der Waals surface area contributed by atoms with Crippen LogP contribution in [0.25, 0.3) is 44.2 Å². The fourth-order valence-electron chi connectivity index (χ4n) is 13.5. The summed E-state index contributed by atoms with van der Waals surface area (Å²) in [5.74, 6) is 0.0869. The first-order valence-corrected chi connectivity index (χ1v) is 27.0. The number of nitrogens with zero attached hydrogens (tertiary/aromatic N) is 1. The van der Waals surface area contributed by atoms with E-state index in [2.05, 4.69) is 250 Å². The quantitative estimate of drug-likeness (QED) is 0.159. The fraction of sp³-hybridized carbons (Fsp3) is 0.108. The Morgan fingerprint density at radius 3 is 1.78 bits per heavy atom. The Labute approximate surface area is 394 Å². The first kappa shape index (κ1) is 38.7. The lowest BCUT2D eigenvalue weighted by molar-refractivity contribution is 0.660. The van der Waals surface area contributed by atoms with E-state index < -0.39 is 13.5 Å². The number of hydrogen-bond acceptors (Lipinski definition) is 1. The van der Waals surface area contributed by atoms with E-state index >= 15 is 0 Å². The van der Waals surface area contributed by atoms with Gasteiger partial charge in [0.2, 0.25) is 0 Å². The molecule has 318 valence electrons. The molecule has 1 nitrogen and oxygen atoms in total. The molecule has 2 heteroatoms. The van der Waals surface area contributed by atoms with Crippen molar-refractivity contribution in [3.63, 3.8) is 0 Å². The highest BCUT2D eigenvalue weighted by atomic mass is 28.3. The van der Waals surface area contributed by atoms with Crippen LogP contribution in [0.5, 0.6) is 0 Å². The van der Waals surface area contributed by atoms with Crippen LogP contribution in [-0.2, 0) is 10.8 Å². The molecule has 0 amide bonds. The van der Waals surface area contributed by atoms with E-state index in [4.69, 9.17) is 0 Å². The van der Waals surface area contributed by atoms with Gasteiger partial charge < -0.3 is 4.90 Å². The predicted octanol–water partition coefficient (Wildman–Crippen LogP) is 15.3. The summed E-state index contributed by atoms with van der Waals surface area (Å²) in [4.78, 5) is 2.52. The molecule has 0 bridgehead atoms. The van der Waals surface area contributed by atoms with Crippen molar-refractivity contribution >= 4 is 46.3 Å². The molecule has 1 aliphatic heterocycles. The highest BCUT2D eigenvalue weighted by molar-refractivity contribution is 7.01. The molecular formula is C65H49NSi. The summed E-state index contributed by atoms with van der Waals surface area (Å²) in [5.41, 5.74) is 23.6. The predicted molar refractivity (Wildman–Crippen MR) is 283 cm³/mol. The monoisotopic (exact) mass is 871 g/mol. The largest absolute Gasteiger partial charge is 0.310 e. The Kier molecular flexibility index (Phi) is 7.95. The summed E-state index contributed by atoms with van der Waals surface area (Å²) in [6, 6.07) is 83.7. The van der Waals surface area contributed by atoms with Gasteiger partial charge in [0, 0.05) is 28.4 Å². The number of benzene rings is 10. The lowest BCUT2D eigenvalue weighted by Crippen LogP contribution is -2.63. The number of fused-ring (bicyclic) bond motifs is 14. The summed E-state index contributed by atoms with van der Waals surface area (Å²) < 4.78 is 0. The molecule has 10 aromatic rings. The Bertz CT molecular complexity index is 3720. The molecule has 1 heterocycles. The van der Waals surface area contributed by atoms with Crippen LogP contribution in [0, 0.1) is 0 Å². The third-order valence-electron chi connectivity index (χ3n) is 16.4. The van der Waals surface area contributed by atoms with E-state index in [0.717, 1.165) is 5.69 Å². The number of anilines is 3. The highest BCUT2D eigenvalue weighted by Crippen LogP contribution is 2.59. The molecule has 3 aliphatic carbocycles. The molecule has 0 saturated heterocycles. The van der Waals surface area contributed by atoms with Gasteiger partial charge in [-0.3, -0.25) is 0 Å². The average Bonchev–Trinajstić information content (AvgIpc) is 3.82. The third kappa shape index (κ3) is 5.03. The minimum atomic E-state index is -2.31. The molecule has 0 aromatic heterocycles. The van der Waals surface area contributed by atoms with E-state index in [9.17, 15) is 0 Å². The molecule has 4 aliphatic rings. The molecule has 67 heavy (non-hydrogen) atoms. The van der Waals surface area contributed by atoms with Crippen molar-refractivity contribution in [1.82, 2.24) is 0 Å². The molecule has 10 aromatic carbocycles. The van der Waals surface area contributed by atoms with E-state index in [1.807, 2.05) is 0 Å². The standard InChI is InChI=1S/C65H49NSi/c1-64(2)53-29-12-11-26-50(53)63-51(28-18-32-57(63)64)62-48-25-9-8-23-45(48)46-37-35-43(39-52(46)62)66(42-21-6-5-7-22-42)44-36-38-56-60(40-44)67(3,4)59-34-15-14-31-55(59)65(56)54-30-13-10-24-47(54)49-27-16-19-41-20-17-33-58(65)61(41)49/h5-40,62H,1-4H3. The average molecular weight is 872 g/mol. The summed E-state index contributed by atoms with van der Waals surface area (Å²) in [7, 11) is -2.31. The minimum Gasteiger partial charge on any atom is -0.310 e. The Balaban J connectivity index is 1.01. The van der Waals surface area contributed by atoms with Crippen molar-refractivity contribution in [2.45, 2.75) is 43.7 Å². The van der Waals surface area contributed by atoms with Crippen molar-refractivity contribution in [2.24, 2.45) is 0 Å². The summed E-state index contributed by atoms with van der Waals surface area (Å²) in [6.07, 6.45) is 0. The zero-order valence-corrected chi connectivity index (χ0v) is 39.3. The van der Waals surface area contributed by atoms with Crippen LogP contribution in [0.1, 0.15) is 69.8 Å². The van der Waals surface area contributed by atoms with Crippen LogP contribution >= 0.6 is 0 Å². The molecule has 0 saturated carbocycles. The number of hydrogen-bond donors (Lipinski definition) is 0. The summed E-state index contributed by atoms with van der Waals surface area (Å²) >= 11 is 0. The Morgan fingerprint density at radius 1 is 0.373 bits per heavy atom. The topological polar surface area (TPSA) is 3.24 Å². The van der Waals surface area contributed by atoms with Gasteiger partial charge in [-0.2, -0.15) is 0 Å². The van der Waals surface area contributed by atoms with Gasteiger partial charge in [-0.15, -0.1) is 0 Å². The Morgan fingerprint density at radius 2 is 0.940 bits per heavy atom. The summed E-state index contributed by atoms with van der Waals surface area (Å²) in [5, 5.41) is 5.66. The van der Waals surface area contributed by atoms with Crippen molar-refractivity contribution in [3.8, 4) is 33.4 Å². The van der Waals surface area contributed by atoms with Crippen molar-refractivity contribution < 1.29 is 0 Å². The molecule has 0 radical (unpaired) electrons. The first-order chi connectivity index (χ1) is 32.8. The third-order valence-corrected chi connectivity index (χ3v) is 19.9. The van der Waals surface area contributed by atoms with Gasteiger partial charge >= 0.3 is 0 Å². The zero-order chi connectivity index (χ0) is 44.8. The first-order valence-electron chi connectivity index (χ1n) is 24.0. The van der Waals surface area contributed by atoms with Gasteiger partial charge in [0.15, 0.2) is 0 Å². The maximum absolute atomic E-state index is 2.60. The maximum Gasteiger partial charge on any atom is 0.113 e. The van der Waals surface area contributed by atoms with Gasteiger partial charge in [0.1, 0.15) is 8.07 Å². The van der Waals surface area contributed by atoms with Crippen LogP contribution < -0.4 is 15.3 Å². The molecule has 14 rings (SSSR count). The number of para-hydroxylation sites is 1. The van der Waals surface area contributed by atoms with Crippen LogP contribution in [0.2, 0.25) is 13.1 Å². The molecule has 2 unspecified atom stereocenters. The highest BCUT2D eigenvalue weighted by Gasteiger charge is 2.53. The van der Waals surface area contributed by atoms with Crippen LogP contribution in [0.15, 0.2) is 218 Å². The second kappa shape index (κ2) is 13.8. The smallest absolute Gasteiger partial charge is 0.113 e. The maximum atomic E-state index is 2.60. The second-order valence-corrected chi connectivity index (χ2v) is 24.6. The molecule has 1 spiro atoms. The lowest BCUT2D eigenvalue weighted by Gasteiger charge is -2.50. The van der Waals surface area contributed by atoms with Crippen LogP contribution in [0.4, 0.5) is 17.1 Å². The van der Waals surface area contributed by atoms with Crippen molar-refractivity contribution in [1.29, 1.82) is 0 Å². The normalized spacial score (nSPS) is 18.0. The molecule has 0 fully saturated rings.